The third-order valence-corrected chi connectivity index (χ3v) is 24.2. The van der Waals surface area contributed by atoms with Crippen LogP contribution in [0, 0.1) is 0 Å². The third-order valence-electron chi connectivity index (χ3n) is 24.2. The smallest absolute Gasteiger partial charge is 0.0728 e. The zero-order valence-corrected chi connectivity index (χ0v) is 59.6. The van der Waals surface area contributed by atoms with Gasteiger partial charge in [-0.15, -0.1) is 0 Å². The Morgan fingerprint density at radius 3 is 0.755 bits per heavy atom. The van der Waals surface area contributed by atoms with E-state index in [1.54, 1.807) is 0 Å². The number of rotatable bonds is 16. The summed E-state index contributed by atoms with van der Waals surface area (Å²) < 4.78 is 5.34. The number of benzene rings is 11. The molecule has 0 spiro atoms. The highest BCUT2D eigenvalue weighted by Crippen LogP contribution is 2.62. The number of pyridine rings is 2. The van der Waals surface area contributed by atoms with Gasteiger partial charge in [-0.25, -0.2) is 0 Å². The van der Waals surface area contributed by atoms with Gasteiger partial charge in [0.25, 0.3) is 0 Å². The van der Waals surface area contributed by atoms with E-state index in [2.05, 4.69) is 342 Å². The molecule has 6 aromatic heterocycles. The molecule has 11 aromatic carbocycles. The van der Waals surface area contributed by atoms with E-state index in [9.17, 15) is 0 Å². The van der Waals surface area contributed by atoms with E-state index in [-0.39, 0.29) is 32.5 Å². The van der Waals surface area contributed by atoms with Crippen LogP contribution in [0.4, 0.5) is 0 Å². The van der Waals surface area contributed by atoms with Gasteiger partial charge in [-0.05, 0) is 178 Å². The molecule has 0 N–H and O–H groups in total. The lowest BCUT2D eigenvalue weighted by molar-refractivity contribution is 0.302. The van der Waals surface area contributed by atoms with Gasteiger partial charge in [0, 0.05) is 64.7 Å². The number of fused-ring (bicyclic) bond motifs is 16. The van der Waals surface area contributed by atoms with Crippen molar-refractivity contribution >= 4 is 76.2 Å². The lowest BCUT2D eigenvalue weighted by atomic mass is 9.67. The fraction of sp³-hybridized carbons (Fsp3) is 0.224. The first-order valence-electron chi connectivity index (χ1n) is 37.2. The zero-order valence-electron chi connectivity index (χ0n) is 59.6. The molecule has 0 fully saturated rings. The first-order chi connectivity index (χ1) is 49.6. The molecular weight excluding hydrogens is 1230 g/mol. The fourth-order valence-electron chi connectivity index (χ4n) is 20.2. The quantitative estimate of drug-likeness (QED) is 0.0966. The monoisotopic (exact) mass is 1320 g/mol. The van der Waals surface area contributed by atoms with E-state index < -0.39 is 0 Å². The molecule has 4 nitrogen and oxygen atoms in total. The highest BCUT2D eigenvalue weighted by atomic mass is 15.0. The summed E-state index contributed by atoms with van der Waals surface area (Å²) in [6, 6.07) is 106. The summed E-state index contributed by atoms with van der Waals surface area (Å²) in [6.07, 6.45) is 13.6. The average molecular weight is 1320 g/mol. The third kappa shape index (κ3) is 10.0. The molecule has 0 bridgehead atoms. The van der Waals surface area contributed by atoms with Gasteiger partial charge >= 0.3 is 0 Å². The van der Waals surface area contributed by atoms with Gasteiger partial charge in [0.1, 0.15) is 0 Å². The van der Waals surface area contributed by atoms with Crippen LogP contribution in [-0.2, 0) is 83.9 Å². The largest absolute Gasteiger partial charge is 0.306 e. The Hall–Kier alpha value is -10.7. The summed E-state index contributed by atoms with van der Waals surface area (Å²) in [5.41, 5.74) is 24.6. The van der Waals surface area contributed by atoms with Crippen molar-refractivity contribution in [1.82, 2.24) is 18.8 Å². The molecule has 0 unspecified atom stereocenters. The highest BCUT2D eigenvalue weighted by Gasteiger charge is 2.57. The van der Waals surface area contributed by atoms with Crippen molar-refractivity contribution in [3.63, 3.8) is 0 Å². The number of hydrogen-bond donors (Lipinski definition) is 0. The Kier molecular flexibility index (Phi) is 14.3. The molecule has 0 atom stereocenters. The van der Waals surface area contributed by atoms with Crippen molar-refractivity contribution in [3.05, 3.63) is 370 Å². The molecule has 0 saturated carbocycles. The van der Waals surface area contributed by atoms with Crippen LogP contribution in [0.2, 0.25) is 0 Å². The molecule has 6 heterocycles. The first-order valence-corrected chi connectivity index (χ1v) is 37.2. The molecule has 0 radical (unpaired) electrons. The summed E-state index contributed by atoms with van der Waals surface area (Å²) in [6.45, 7) is 14.5. The van der Waals surface area contributed by atoms with Gasteiger partial charge in [0.05, 0.1) is 56.9 Å². The van der Waals surface area contributed by atoms with Crippen LogP contribution in [-0.4, -0.2) is 18.8 Å². The summed E-state index contributed by atoms with van der Waals surface area (Å²) >= 11 is 0. The van der Waals surface area contributed by atoms with Gasteiger partial charge < -0.3 is 8.80 Å². The molecule has 2 aliphatic rings. The SMILES string of the molecule is CC(C)(C)c1cc2c3cc4c(cc3n3c5cnc6c(c5c(c1)c23)C(Cc1ccccc1)(Cc1ccccc1)CC6(Cc1ccccc1)Cc1ccccc1)c1cc(C(C)(C)C)cc2c3c5c(ncc3n4c12)C(Cc1ccccc1)(Cc1ccccc1)CC5(Cc1ccccc1)Cc1ccccc1. The van der Waals surface area contributed by atoms with Crippen LogP contribution >= 0.6 is 0 Å². The van der Waals surface area contributed by atoms with Gasteiger partial charge in [-0.2, -0.15) is 0 Å². The lowest BCUT2D eigenvalue weighted by Gasteiger charge is -2.36. The maximum Gasteiger partial charge on any atom is 0.0728 e. The maximum atomic E-state index is 6.10. The van der Waals surface area contributed by atoms with Crippen molar-refractivity contribution in [2.75, 3.05) is 0 Å². The first kappa shape index (κ1) is 62.3. The predicted octanol–water partition coefficient (Wildman–Crippen LogP) is 23.1. The van der Waals surface area contributed by atoms with Crippen LogP contribution in [0.1, 0.15) is 133 Å². The molecule has 102 heavy (non-hydrogen) atoms. The van der Waals surface area contributed by atoms with E-state index in [1.165, 1.54) is 154 Å². The van der Waals surface area contributed by atoms with Gasteiger partial charge in [0.15, 0.2) is 0 Å². The highest BCUT2D eigenvalue weighted by molar-refractivity contribution is 6.30. The summed E-state index contributed by atoms with van der Waals surface area (Å²) in [4.78, 5) is 12.2. The van der Waals surface area contributed by atoms with E-state index in [0.717, 1.165) is 64.2 Å². The standard InChI is InChI=1S/C98H86N4/c1-93(2,3)73-47-77-75-51-82-76(52-81(75)101-83-61-99-91-87(85(83)79(49-73)89(77)101)95(53-65-31-15-7-16-32-65,54-66-33-17-8-18-34-66)63-97(91,57-69-39-23-11-24-40-69)58-70-41-25-12-26-42-70)78-48-74(94(4,5)6)50-80-86-84(102(82)90(78)80)62-100-92-88(86)96(55-67-35-19-9-20-36-67,56-68-37-21-10-22-38-68)64-98(92,59-71-43-27-13-28-44-71)60-72-45-29-14-30-46-72/h7-52,61-62H,53-60,63-64H2,1-6H3. The molecule has 17 aromatic rings. The molecule has 19 rings (SSSR count). The molecule has 2 aliphatic carbocycles. The second kappa shape index (κ2) is 23.4. The van der Waals surface area contributed by atoms with E-state index >= 15 is 0 Å². The van der Waals surface area contributed by atoms with Crippen LogP contribution < -0.4 is 0 Å². The molecule has 0 aliphatic heterocycles. The normalized spacial score (nSPS) is 15.5. The van der Waals surface area contributed by atoms with Crippen molar-refractivity contribution < 1.29 is 0 Å². The molecular formula is C98H86N4. The van der Waals surface area contributed by atoms with Gasteiger partial charge in [-0.3, -0.25) is 9.97 Å². The van der Waals surface area contributed by atoms with Crippen molar-refractivity contribution in [2.24, 2.45) is 0 Å². The van der Waals surface area contributed by atoms with Crippen LogP contribution in [0.3, 0.4) is 0 Å². The Morgan fingerprint density at radius 2 is 0.510 bits per heavy atom. The van der Waals surface area contributed by atoms with Crippen LogP contribution in [0.5, 0.6) is 0 Å². The summed E-state index contributed by atoms with van der Waals surface area (Å²) in [5, 5.41) is 10.5. The summed E-state index contributed by atoms with van der Waals surface area (Å²) in [7, 11) is 0. The van der Waals surface area contributed by atoms with Crippen molar-refractivity contribution in [3.8, 4) is 0 Å². The predicted molar refractivity (Wildman–Crippen MR) is 426 cm³/mol. The maximum absolute atomic E-state index is 6.10. The number of aromatic nitrogens is 4. The van der Waals surface area contributed by atoms with Crippen LogP contribution in [0.15, 0.2) is 291 Å². The number of hydrogen-bond acceptors (Lipinski definition) is 2. The van der Waals surface area contributed by atoms with E-state index in [1.807, 2.05) is 0 Å². The Bertz CT molecular complexity index is 5440. The van der Waals surface area contributed by atoms with Crippen molar-refractivity contribution in [1.29, 1.82) is 0 Å². The van der Waals surface area contributed by atoms with Gasteiger partial charge in [0.2, 0.25) is 0 Å². The Labute approximate surface area is 599 Å². The fourth-order valence-corrected chi connectivity index (χ4v) is 20.2. The average Bonchev–Trinajstić information content (AvgIpc) is 1.50. The summed E-state index contributed by atoms with van der Waals surface area (Å²) in [5.74, 6) is 0. The molecule has 4 heteroatoms. The van der Waals surface area contributed by atoms with Gasteiger partial charge in [-0.1, -0.05) is 284 Å². The molecule has 0 amide bonds. The van der Waals surface area contributed by atoms with Crippen molar-refractivity contribution in [2.45, 2.75) is 138 Å². The lowest BCUT2D eigenvalue weighted by Crippen LogP contribution is -2.36. The Morgan fingerprint density at radius 1 is 0.275 bits per heavy atom. The topological polar surface area (TPSA) is 34.6 Å². The molecule has 0 saturated heterocycles. The van der Waals surface area contributed by atoms with Crippen LogP contribution in [0.25, 0.3) is 76.2 Å². The minimum absolute atomic E-state index is 0.166. The minimum atomic E-state index is -0.342. The number of nitrogens with zero attached hydrogens (tertiary/aromatic N) is 4. The zero-order chi connectivity index (χ0) is 68.7. The second-order valence-electron chi connectivity index (χ2n) is 33.2. The van der Waals surface area contributed by atoms with E-state index in [0.29, 0.717) is 0 Å². The second-order valence-corrected chi connectivity index (χ2v) is 33.2. The Balaban J connectivity index is 0.931. The molecule has 498 valence electrons. The van der Waals surface area contributed by atoms with E-state index in [4.69, 9.17) is 9.97 Å². The minimum Gasteiger partial charge on any atom is -0.306 e.